The van der Waals surface area contributed by atoms with Crippen molar-refractivity contribution in [3.05, 3.63) is 59.2 Å². The van der Waals surface area contributed by atoms with Crippen molar-refractivity contribution in [3.63, 3.8) is 0 Å². The molecule has 4 rings (SSSR count). The van der Waals surface area contributed by atoms with Gasteiger partial charge in [0.25, 0.3) is 5.91 Å². The van der Waals surface area contributed by atoms with Crippen LogP contribution in [0.1, 0.15) is 34.3 Å². The van der Waals surface area contributed by atoms with Crippen LogP contribution in [0.3, 0.4) is 0 Å². The summed E-state index contributed by atoms with van der Waals surface area (Å²) in [5, 5.41) is 2.14. The number of nitrogens with zero attached hydrogens (tertiary/aromatic N) is 1. The molecule has 0 aromatic heterocycles. The Labute approximate surface area is 158 Å². The quantitative estimate of drug-likeness (QED) is 0.804. The number of imide groups is 1. The molecule has 1 N–H and O–H groups in total. The van der Waals surface area contributed by atoms with Gasteiger partial charge in [-0.05, 0) is 35.2 Å². The first kappa shape index (κ1) is 18.2. The van der Waals surface area contributed by atoms with Crippen molar-refractivity contribution in [2.75, 3.05) is 0 Å². The number of amides is 3. The summed E-state index contributed by atoms with van der Waals surface area (Å²) in [6.07, 6.45) is -4.58. The smallest absolute Gasteiger partial charge is 0.322 e. The maximum atomic E-state index is 13.7. The van der Waals surface area contributed by atoms with E-state index in [0.29, 0.717) is 11.1 Å². The summed E-state index contributed by atoms with van der Waals surface area (Å²) in [4.78, 5) is 37.4. The molecule has 2 aromatic carbocycles. The van der Waals surface area contributed by atoms with E-state index in [1.165, 1.54) is 0 Å². The lowest BCUT2D eigenvalue weighted by atomic mass is 9.95. The second-order valence-corrected chi connectivity index (χ2v) is 6.82. The standard InChI is InChI=1S/C20H15F3N2O3/c21-20(22,23)14-9-12(11-4-2-1-3-5-11)8-13-10-25(19(28)17(13)14)15-6-7-16(26)24-18(15)27/h1-5,8-9,15H,6-7,10H2,(H,24,26,27). The second kappa shape index (κ2) is 6.47. The number of nitrogens with one attached hydrogen (secondary N) is 1. The molecule has 2 aliphatic rings. The Balaban J connectivity index is 1.79. The van der Waals surface area contributed by atoms with E-state index < -0.39 is 41.1 Å². The molecule has 0 bridgehead atoms. The highest BCUT2D eigenvalue weighted by molar-refractivity contribution is 6.06. The molecule has 3 amide bonds. The first-order valence-corrected chi connectivity index (χ1v) is 8.70. The minimum absolute atomic E-state index is 0.0396. The molecule has 0 spiro atoms. The van der Waals surface area contributed by atoms with Crippen molar-refractivity contribution in [2.45, 2.75) is 31.6 Å². The van der Waals surface area contributed by atoms with Gasteiger partial charge in [0.15, 0.2) is 0 Å². The third-order valence-electron chi connectivity index (χ3n) is 5.03. The minimum Gasteiger partial charge on any atom is -0.322 e. The van der Waals surface area contributed by atoms with Crippen molar-refractivity contribution in [2.24, 2.45) is 0 Å². The maximum Gasteiger partial charge on any atom is 0.417 e. The molecule has 1 unspecified atom stereocenters. The lowest BCUT2D eigenvalue weighted by Gasteiger charge is -2.29. The Bertz CT molecular complexity index is 986. The van der Waals surface area contributed by atoms with E-state index in [1.54, 1.807) is 36.4 Å². The highest BCUT2D eigenvalue weighted by Gasteiger charge is 2.45. The number of halogens is 3. The van der Waals surface area contributed by atoms with Crippen LogP contribution in [0.4, 0.5) is 13.2 Å². The summed E-state index contributed by atoms with van der Waals surface area (Å²) < 4.78 is 41.1. The number of carbonyl (C=O) groups is 3. The van der Waals surface area contributed by atoms with Crippen molar-refractivity contribution in [3.8, 4) is 11.1 Å². The molecule has 144 valence electrons. The molecule has 0 saturated carbocycles. The fourth-order valence-corrected chi connectivity index (χ4v) is 3.73. The van der Waals surface area contributed by atoms with E-state index in [9.17, 15) is 27.6 Å². The molecule has 1 atom stereocenters. The van der Waals surface area contributed by atoms with Crippen molar-refractivity contribution >= 4 is 17.7 Å². The monoisotopic (exact) mass is 388 g/mol. The van der Waals surface area contributed by atoms with Gasteiger partial charge in [0, 0.05) is 13.0 Å². The third kappa shape index (κ3) is 3.04. The van der Waals surface area contributed by atoms with Gasteiger partial charge < -0.3 is 4.90 Å². The Morgan fingerprint density at radius 1 is 1.00 bits per heavy atom. The lowest BCUT2D eigenvalue weighted by molar-refractivity contribution is -0.138. The van der Waals surface area contributed by atoms with Crippen molar-refractivity contribution in [1.82, 2.24) is 10.2 Å². The number of hydrogen-bond donors (Lipinski definition) is 1. The number of benzene rings is 2. The van der Waals surface area contributed by atoms with Crippen LogP contribution in [0.15, 0.2) is 42.5 Å². The van der Waals surface area contributed by atoms with Crippen LogP contribution in [-0.4, -0.2) is 28.7 Å². The van der Waals surface area contributed by atoms with Crippen LogP contribution >= 0.6 is 0 Å². The predicted octanol–water partition coefficient (Wildman–Crippen LogP) is 3.13. The average Bonchev–Trinajstić information content (AvgIpc) is 2.97. The van der Waals surface area contributed by atoms with Gasteiger partial charge in [-0.1, -0.05) is 30.3 Å². The molecule has 1 fully saturated rings. The highest BCUT2D eigenvalue weighted by atomic mass is 19.4. The van der Waals surface area contributed by atoms with Crippen LogP contribution in [0, 0.1) is 0 Å². The van der Waals surface area contributed by atoms with Crippen LogP contribution in [0.2, 0.25) is 0 Å². The second-order valence-electron chi connectivity index (χ2n) is 6.82. The van der Waals surface area contributed by atoms with Crippen LogP contribution in [0.25, 0.3) is 11.1 Å². The fourth-order valence-electron chi connectivity index (χ4n) is 3.73. The Morgan fingerprint density at radius 2 is 1.71 bits per heavy atom. The molecule has 2 aromatic rings. The minimum atomic E-state index is -4.72. The predicted molar refractivity (Wildman–Crippen MR) is 92.9 cm³/mol. The van der Waals surface area contributed by atoms with Gasteiger partial charge in [0.2, 0.25) is 11.8 Å². The zero-order chi connectivity index (χ0) is 20.1. The highest BCUT2D eigenvalue weighted by Crippen LogP contribution is 2.41. The van der Waals surface area contributed by atoms with Crippen LogP contribution < -0.4 is 5.32 Å². The maximum absolute atomic E-state index is 13.7. The average molecular weight is 388 g/mol. The number of piperidine rings is 1. The van der Waals surface area contributed by atoms with Gasteiger partial charge in [0.1, 0.15) is 6.04 Å². The number of alkyl halides is 3. The van der Waals surface area contributed by atoms with E-state index in [4.69, 9.17) is 0 Å². The Kier molecular flexibility index (Phi) is 4.21. The Hall–Kier alpha value is -3.16. The first-order chi connectivity index (χ1) is 13.3. The van der Waals surface area contributed by atoms with Crippen LogP contribution in [-0.2, 0) is 22.3 Å². The fraction of sp³-hybridized carbons (Fsp3) is 0.250. The zero-order valence-electron chi connectivity index (χ0n) is 14.5. The summed E-state index contributed by atoms with van der Waals surface area (Å²) in [7, 11) is 0. The summed E-state index contributed by atoms with van der Waals surface area (Å²) >= 11 is 0. The molecule has 0 radical (unpaired) electrons. The van der Waals surface area contributed by atoms with Gasteiger partial charge >= 0.3 is 6.18 Å². The van der Waals surface area contributed by atoms with Gasteiger partial charge in [-0.15, -0.1) is 0 Å². The molecule has 8 heteroatoms. The van der Waals surface area contributed by atoms with E-state index in [-0.39, 0.29) is 24.9 Å². The number of rotatable bonds is 2. The molecule has 28 heavy (non-hydrogen) atoms. The molecule has 2 heterocycles. The molecule has 5 nitrogen and oxygen atoms in total. The number of hydrogen-bond acceptors (Lipinski definition) is 3. The summed E-state index contributed by atoms with van der Waals surface area (Å²) in [6.45, 7) is -0.107. The lowest BCUT2D eigenvalue weighted by Crippen LogP contribution is -2.52. The van der Waals surface area contributed by atoms with Gasteiger partial charge in [-0.3, -0.25) is 19.7 Å². The first-order valence-electron chi connectivity index (χ1n) is 8.70. The molecular weight excluding hydrogens is 373 g/mol. The molecular formula is C20H15F3N2O3. The zero-order valence-corrected chi connectivity index (χ0v) is 14.5. The van der Waals surface area contributed by atoms with E-state index in [1.807, 2.05) is 0 Å². The number of carbonyl (C=O) groups excluding carboxylic acids is 3. The molecule has 2 aliphatic heterocycles. The van der Waals surface area contributed by atoms with Gasteiger partial charge in [-0.25, -0.2) is 0 Å². The van der Waals surface area contributed by atoms with E-state index in [2.05, 4.69) is 5.32 Å². The van der Waals surface area contributed by atoms with Gasteiger partial charge in [-0.2, -0.15) is 13.2 Å². The molecule has 0 aliphatic carbocycles. The van der Waals surface area contributed by atoms with Crippen LogP contribution in [0.5, 0.6) is 0 Å². The summed E-state index contributed by atoms with van der Waals surface area (Å²) in [5.41, 5.74) is -0.254. The van der Waals surface area contributed by atoms with Gasteiger partial charge in [0.05, 0.1) is 11.1 Å². The van der Waals surface area contributed by atoms with Crippen molar-refractivity contribution in [1.29, 1.82) is 0 Å². The van der Waals surface area contributed by atoms with E-state index >= 15 is 0 Å². The largest absolute Gasteiger partial charge is 0.417 e. The van der Waals surface area contributed by atoms with E-state index in [0.717, 1.165) is 11.0 Å². The SMILES string of the molecule is O=C1CCC(N2Cc3cc(-c4ccccc4)cc(C(F)(F)F)c3C2=O)C(=O)N1. The van der Waals surface area contributed by atoms with Crippen molar-refractivity contribution < 1.29 is 27.6 Å². The number of fused-ring (bicyclic) bond motifs is 1. The topological polar surface area (TPSA) is 66.5 Å². The Morgan fingerprint density at radius 3 is 2.36 bits per heavy atom. The summed E-state index contributed by atoms with van der Waals surface area (Å²) in [5.74, 6) is -1.95. The summed E-state index contributed by atoms with van der Waals surface area (Å²) in [6, 6.07) is 10.2. The third-order valence-corrected chi connectivity index (χ3v) is 5.03. The molecule has 1 saturated heterocycles. The normalized spacial score (nSPS) is 19.6.